The van der Waals surface area contributed by atoms with E-state index in [-0.39, 0.29) is 16.7 Å². The van der Waals surface area contributed by atoms with E-state index in [1.807, 2.05) is 0 Å². The lowest BCUT2D eigenvalue weighted by atomic mass is 10.0. The van der Waals surface area contributed by atoms with Crippen LogP contribution in [0.3, 0.4) is 0 Å². The molecule has 0 fully saturated rings. The molecule has 1 aromatic heterocycles. The highest BCUT2D eigenvalue weighted by Crippen LogP contribution is 2.33. The van der Waals surface area contributed by atoms with E-state index in [0.29, 0.717) is 0 Å². The molecule has 1 heterocycles. The van der Waals surface area contributed by atoms with Gasteiger partial charge < -0.3 is 9.63 Å². The second-order valence-electron chi connectivity index (χ2n) is 3.84. The van der Waals surface area contributed by atoms with Crippen LogP contribution in [0.1, 0.15) is 24.2 Å². The summed E-state index contributed by atoms with van der Waals surface area (Å²) in [6, 6.07) is 2.87. The Kier molecular flexibility index (Phi) is 2.76. The van der Waals surface area contributed by atoms with Crippen LogP contribution in [-0.2, 0) is 11.0 Å². The van der Waals surface area contributed by atoms with Crippen LogP contribution in [0.15, 0.2) is 22.7 Å². The predicted molar refractivity (Wildman–Crippen MR) is 55.1 cm³/mol. The molecule has 2 aromatic rings. The van der Waals surface area contributed by atoms with Gasteiger partial charge in [0.05, 0.1) is 5.56 Å². The summed E-state index contributed by atoms with van der Waals surface area (Å²) in [6.45, 7) is 1.37. The van der Waals surface area contributed by atoms with E-state index in [4.69, 9.17) is 9.63 Å². The number of aliphatic carboxylic acids is 1. The Hall–Kier alpha value is -2.05. The van der Waals surface area contributed by atoms with Gasteiger partial charge in [0.15, 0.2) is 5.76 Å². The summed E-state index contributed by atoms with van der Waals surface area (Å²) in [5.41, 5.74) is -0.856. The van der Waals surface area contributed by atoms with Crippen molar-refractivity contribution in [1.29, 1.82) is 0 Å². The number of halogens is 3. The number of carbonyl (C=O) groups is 1. The monoisotopic (exact) mass is 259 g/mol. The van der Waals surface area contributed by atoms with Gasteiger partial charge in [0.1, 0.15) is 11.4 Å². The average molecular weight is 259 g/mol. The molecule has 0 spiro atoms. The van der Waals surface area contributed by atoms with E-state index in [1.54, 1.807) is 0 Å². The van der Waals surface area contributed by atoms with Crippen LogP contribution in [0.2, 0.25) is 0 Å². The topological polar surface area (TPSA) is 63.3 Å². The number of hydrogen-bond acceptors (Lipinski definition) is 3. The third-order valence-electron chi connectivity index (χ3n) is 2.60. The van der Waals surface area contributed by atoms with Crippen molar-refractivity contribution in [2.45, 2.75) is 19.0 Å². The van der Waals surface area contributed by atoms with E-state index in [1.165, 1.54) is 13.0 Å². The fourth-order valence-corrected chi connectivity index (χ4v) is 1.56. The quantitative estimate of drug-likeness (QED) is 0.900. The molecule has 0 aliphatic carbocycles. The van der Waals surface area contributed by atoms with Crippen LogP contribution in [-0.4, -0.2) is 16.2 Å². The second kappa shape index (κ2) is 4.01. The Morgan fingerprint density at radius 2 is 2.11 bits per heavy atom. The van der Waals surface area contributed by atoms with Gasteiger partial charge in [-0.1, -0.05) is 5.16 Å². The molecule has 18 heavy (non-hydrogen) atoms. The summed E-state index contributed by atoms with van der Waals surface area (Å²) in [6.07, 6.45) is -4.47. The number of nitrogens with zero attached hydrogens (tertiary/aromatic N) is 1. The number of alkyl halides is 3. The smallest absolute Gasteiger partial charge is 0.416 e. The number of aromatic nitrogens is 1. The Morgan fingerprint density at radius 1 is 1.44 bits per heavy atom. The SMILES string of the molecule is CC(C(=O)O)c1onc2cc(C(F)(F)F)ccc12. The molecule has 0 bridgehead atoms. The van der Waals surface area contributed by atoms with E-state index in [9.17, 15) is 18.0 Å². The maximum Gasteiger partial charge on any atom is 0.416 e. The van der Waals surface area contributed by atoms with Crippen molar-refractivity contribution in [3.05, 3.63) is 29.5 Å². The zero-order valence-corrected chi connectivity index (χ0v) is 9.15. The lowest BCUT2D eigenvalue weighted by Gasteiger charge is -2.05. The molecule has 0 aliphatic rings. The minimum atomic E-state index is -4.47. The van der Waals surface area contributed by atoms with Crippen molar-refractivity contribution in [3.63, 3.8) is 0 Å². The normalized spacial score (nSPS) is 13.8. The maximum atomic E-state index is 12.5. The molecule has 96 valence electrons. The van der Waals surface area contributed by atoms with Crippen molar-refractivity contribution < 1.29 is 27.6 Å². The number of benzene rings is 1. The third-order valence-corrected chi connectivity index (χ3v) is 2.60. The van der Waals surface area contributed by atoms with Gasteiger partial charge in [0.2, 0.25) is 0 Å². The molecule has 4 nitrogen and oxygen atoms in total. The molecule has 0 radical (unpaired) electrons. The van der Waals surface area contributed by atoms with E-state index < -0.39 is 23.6 Å². The maximum absolute atomic E-state index is 12.5. The first kappa shape index (κ1) is 12.4. The number of hydrogen-bond donors (Lipinski definition) is 1. The fraction of sp³-hybridized carbons (Fsp3) is 0.273. The minimum Gasteiger partial charge on any atom is -0.481 e. The van der Waals surface area contributed by atoms with Gasteiger partial charge in [-0.2, -0.15) is 13.2 Å². The van der Waals surface area contributed by atoms with Crippen LogP contribution >= 0.6 is 0 Å². The van der Waals surface area contributed by atoms with Crippen molar-refractivity contribution in [1.82, 2.24) is 5.16 Å². The standard InChI is InChI=1S/C11H8F3NO3/c1-5(10(16)17)9-7-3-2-6(11(12,13)14)4-8(7)15-18-9/h2-5H,1H3,(H,16,17). The lowest BCUT2D eigenvalue weighted by Crippen LogP contribution is -2.07. The molecule has 1 aromatic carbocycles. The summed E-state index contributed by atoms with van der Waals surface area (Å²) in [7, 11) is 0. The Bertz CT molecular complexity index is 603. The van der Waals surface area contributed by atoms with Crippen LogP contribution in [0.4, 0.5) is 13.2 Å². The Labute approximate surface area is 99.0 Å². The molecule has 0 saturated heterocycles. The highest BCUT2D eigenvalue weighted by atomic mass is 19.4. The molecule has 1 atom stereocenters. The molecule has 0 amide bonds. The van der Waals surface area contributed by atoms with E-state index >= 15 is 0 Å². The molecular weight excluding hydrogens is 251 g/mol. The number of fused-ring (bicyclic) bond motifs is 1. The molecule has 2 rings (SSSR count). The lowest BCUT2D eigenvalue weighted by molar-refractivity contribution is -0.139. The predicted octanol–water partition coefficient (Wildman–Crippen LogP) is 3.03. The molecular formula is C11H8F3NO3. The first-order valence-electron chi connectivity index (χ1n) is 5.00. The highest BCUT2D eigenvalue weighted by molar-refractivity contribution is 5.86. The second-order valence-corrected chi connectivity index (χ2v) is 3.84. The molecule has 7 heteroatoms. The highest BCUT2D eigenvalue weighted by Gasteiger charge is 2.31. The van der Waals surface area contributed by atoms with Crippen molar-refractivity contribution in [2.24, 2.45) is 0 Å². The number of carboxylic acids is 1. The van der Waals surface area contributed by atoms with Crippen LogP contribution in [0.5, 0.6) is 0 Å². The molecule has 0 aliphatic heterocycles. The van der Waals surface area contributed by atoms with Crippen molar-refractivity contribution in [2.75, 3.05) is 0 Å². The van der Waals surface area contributed by atoms with Gasteiger partial charge in [-0.05, 0) is 25.1 Å². The van der Waals surface area contributed by atoms with Crippen LogP contribution < -0.4 is 0 Å². The zero-order chi connectivity index (χ0) is 13.5. The summed E-state index contributed by atoms with van der Waals surface area (Å²) in [4.78, 5) is 10.8. The van der Waals surface area contributed by atoms with Crippen molar-refractivity contribution >= 4 is 16.9 Å². The Morgan fingerprint density at radius 3 is 2.67 bits per heavy atom. The van der Waals surface area contributed by atoms with Crippen LogP contribution in [0.25, 0.3) is 10.9 Å². The van der Waals surface area contributed by atoms with E-state index in [0.717, 1.165) is 12.1 Å². The summed E-state index contributed by atoms with van der Waals surface area (Å²) in [5.74, 6) is -2.05. The van der Waals surface area contributed by atoms with Crippen LogP contribution in [0, 0.1) is 0 Å². The zero-order valence-electron chi connectivity index (χ0n) is 9.15. The van der Waals surface area contributed by atoms with Gasteiger partial charge in [-0.3, -0.25) is 4.79 Å². The van der Waals surface area contributed by atoms with Gasteiger partial charge in [0, 0.05) is 5.39 Å². The number of rotatable bonds is 2. The number of carboxylic acid groups (broad SMARTS) is 1. The minimum absolute atomic E-state index is 0.00655. The summed E-state index contributed by atoms with van der Waals surface area (Å²) < 4.78 is 42.2. The first-order valence-corrected chi connectivity index (χ1v) is 5.00. The largest absolute Gasteiger partial charge is 0.481 e. The van der Waals surface area contributed by atoms with Gasteiger partial charge >= 0.3 is 12.1 Å². The van der Waals surface area contributed by atoms with Gasteiger partial charge in [-0.15, -0.1) is 0 Å². The Balaban J connectivity index is 2.54. The summed E-state index contributed by atoms with van der Waals surface area (Å²) in [5, 5.41) is 12.6. The molecule has 1 N–H and O–H groups in total. The van der Waals surface area contributed by atoms with Crippen molar-refractivity contribution in [3.8, 4) is 0 Å². The van der Waals surface area contributed by atoms with Gasteiger partial charge in [0.25, 0.3) is 0 Å². The third kappa shape index (κ3) is 2.03. The average Bonchev–Trinajstić information content (AvgIpc) is 2.69. The molecule has 0 saturated carbocycles. The van der Waals surface area contributed by atoms with E-state index in [2.05, 4.69) is 5.16 Å². The first-order chi connectivity index (χ1) is 8.30. The summed E-state index contributed by atoms with van der Waals surface area (Å²) >= 11 is 0. The fourth-order valence-electron chi connectivity index (χ4n) is 1.56. The molecule has 1 unspecified atom stereocenters. The van der Waals surface area contributed by atoms with Gasteiger partial charge in [-0.25, -0.2) is 0 Å².